The van der Waals surface area contributed by atoms with E-state index in [-0.39, 0.29) is 5.56 Å². The maximum Gasteiger partial charge on any atom is 0.259 e. The Morgan fingerprint density at radius 3 is 3.00 bits per heavy atom. The van der Waals surface area contributed by atoms with Crippen LogP contribution in [0.3, 0.4) is 0 Å². The lowest BCUT2D eigenvalue weighted by molar-refractivity contribution is 0.102. The minimum Gasteiger partial charge on any atom is -0.399 e. The number of carbonyl (C=O) groups is 1. The summed E-state index contributed by atoms with van der Waals surface area (Å²) in [6.07, 6.45) is 0. The van der Waals surface area contributed by atoms with Crippen molar-refractivity contribution < 1.29 is 4.79 Å². The van der Waals surface area contributed by atoms with Gasteiger partial charge in [-0.1, -0.05) is 21.2 Å². The zero-order valence-electron chi connectivity index (χ0n) is 7.85. The number of hydrogen-bond donors (Lipinski definition) is 2. The molecular formula is C8H6ClN5OS. The van der Waals surface area contributed by atoms with Crippen molar-refractivity contribution >= 4 is 39.9 Å². The highest BCUT2D eigenvalue weighted by Crippen LogP contribution is 2.20. The smallest absolute Gasteiger partial charge is 0.259 e. The van der Waals surface area contributed by atoms with Gasteiger partial charge >= 0.3 is 0 Å². The zero-order valence-corrected chi connectivity index (χ0v) is 9.42. The molecule has 8 heteroatoms. The van der Waals surface area contributed by atoms with E-state index in [1.54, 1.807) is 12.1 Å². The van der Waals surface area contributed by atoms with Crippen LogP contribution in [-0.4, -0.2) is 20.7 Å². The van der Waals surface area contributed by atoms with Crippen LogP contribution in [0, 0.1) is 0 Å². The second-order valence-corrected chi connectivity index (χ2v) is 4.00. The third-order valence-corrected chi connectivity index (χ3v) is 2.60. The molecule has 0 bridgehead atoms. The van der Waals surface area contributed by atoms with Crippen molar-refractivity contribution in [3.05, 3.63) is 28.8 Å². The Labute approximate surface area is 99.6 Å². The predicted octanol–water partition coefficient (Wildman–Crippen LogP) is 1.42. The molecular weight excluding hydrogens is 250 g/mol. The Balaban J connectivity index is 2.24. The molecule has 1 amide bonds. The van der Waals surface area contributed by atoms with Gasteiger partial charge in [-0.15, -0.1) is 0 Å². The summed E-state index contributed by atoms with van der Waals surface area (Å²) in [5.41, 5.74) is 6.31. The van der Waals surface area contributed by atoms with Gasteiger partial charge in [-0.25, -0.2) is 0 Å². The van der Waals surface area contributed by atoms with Gasteiger partial charge in [-0.05, 0) is 23.4 Å². The molecule has 0 aliphatic rings. The molecule has 0 unspecified atom stereocenters. The van der Waals surface area contributed by atoms with Crippen LogP contribution in [0.2, 0.25) is 5.02 Å². The Hall–Kier alpha value is -1.73. The first-order valence-electron chi connectivity index (χ1n) is 4.18. The summed E-state index contributed by atoms with van der Waals surface area (Å²) < 4.78 is 3.52. The van der Waals surface area contributed by atoms with E-state index >= 15 is 0 Å². The average molecular weight is 256 g/mol. The van der Waals surface area contributed by atoms with Crippen LogP contribution in [0.4, 0.5) is 10.8 Å². The van der Waals surface area contributed by atoms with E-state index in [1.807, 2.05) is 0 Å². The Bertz CT molecular complexity index is 515. The number of rotatable bonds is 2. The summed E-state index contributed by atoms with van der Waals surface area (Å²) in [5, 5.41) is 10.1. The van der Waals surface area contributed by atoms with Crippen LogP contribution in [0.1, 0.15) is 10.4 Å². The van der Waals surface area contributed by atoms with Crippen molar-refractivity contribution in [2.75, 3.05) is 11.1 Å². The van der Waals surface area contributed by atoms with E-state index in [2.05, 4.69) is 20.1 Å². The van der Waals surface area contributed by atoms with Crippen molar-refractivity contribution in [3.8, 4) is 0 Å². The molecule has 3 N–H and O–H groups in total. The number of hydrogen-bond acceptors (Lipinski definition) is 6. The lowest BCUT2D eigenvalue weighted by Crippen LogP contribution is -2.12. The number of halogens is 1. The fraction of sp³-hybridized carbons (Fsp3) is 0. The standard InChI is InChI=1S/C8H6ClN5OS/c9-6-2-1-4(10)3-5(6)7(15)11-8-12-13-14-16-8/h1-3H,10H2,(H,11,12,14,15). The number of carbonyl (C=O) groups excluding carboxylic acids is 1. The topological polar surface area (TPSA) is 93.8 Å². The molecule has 0 radical (unpaired) electrons. The second-order valence-electron chi connectivity index (χ2n) is 2.86. The summed E-state index contributed by atoms with van der Waals surface area (Å²) in [4.78, 5) is 11.7. The Morgan fingerprint density at radius 1 is 1.50 bits per heavy atom. The second kappa shape index (κ2) is 4.42. The zero-order chi connectivity index (χ0) is 11.5. The summed E-state index contributed by atoms with van der Waals surface area (Å²) in [6, 6.07) is 4.67. The van der Waals surface area contributed by atoms with Crippen molar-refractivity contribution in [3.63, 3.8) is 0 Å². The number of benzene rings is 1. The Morgan fingerprint density at radius 2 is 2.31 bits per heavy atom. The molecule has 0 saturated carbocycles. The largest absolute Gasteiger partial charge is 0.399 e. The third kappa shape index (κ3) is 2.26. The highest BCUT2D eigenvalue weighted by Gasteiger charge is 2.12. The van der Waals surface area contributed by atoms with Crippen LogP contribution in [0.25, 0.3) is 0 Å². The van der Waals surface area contributed by atoms with E-state index < -0.39 is 5.91 Å². The van der Waals surface area contributed by atoms with E-state index in [0.29, 0.717) is 15.8 Å². The molecule has 1 heterocycles. The van der Waals surface area contributed by atoms with Crippen LogP contribution >= 0.6 is 23.1 Å². The number of nitrogen functional groups attached to an aromatic ring is 1. The minimum absolute atomic E-state index is 0.289. The van der Waals surface area contributed by atoms with Crippen LogP contribution < -0.4 is 11.1 Å². The molecule has 2 aromatic rings. The van der Waals surface area contributed by atoms with Gasteiger partial charge in [0.1, 0.15) is 0 Å². The minimum atomic E-state index is -0.393. The fourth-order valence-electron chi connectivity index (χ4n) is 1.06. The van der Waals surface area contributed by atoms with Gasteiger partial charge in [0, 0.05) is 17.2 Å². The van der Waals surface area contributed by atoms with Crippen molar-refractivity contribution in [2.24, 2.45) is 0 Å². The van der Waals surface area contributed by atoms with Gasteiger partial charge in [0.05, 0.1) is 10.6 Å². The third-order valence-electron chi connectivity index (χ3n) is 1.75. The van der Waals surface area contributed by atoms with Crippen LogP contribution in [-0.2, 0) is 0 Å². The molecule has 6 nitrogen and oxygen atoms in total. The lowest BCUT2D eigenvalue weighted by atomic mass is 10.2. The van der Waals surface area contributed by atoms with Crippen molar-refractivity contribution in [1.29, 1.82) is 0 Å². The number of amides is 1. The predicted molar refractivity (Wildman–Crippen MR) is 61.5 cm³/mol. The molecule has 82 valence electrons. The summed E-state index contributed by atoms with van der Waals surface area (Å²) in [5.74, 6) is -0.393. The number of nitrogens with zero attached hydrogens (tertiary/aromatic N) is 3. The van der Waals surface area contributed by atoms with Gasteiger partial charge < -0.3 is 5.73 Å². The van der Waals surface area contributed by atoms with E-state index in [9.17, 15) is 4.79 Å². The fourth-order valence-corrected chi connectivity index (χ4v) is 1.63. The van der Waals surface area contributed by atoms with Crippen molar-refractivity contribution in [1.82, 2.24) is 14.8 Å². The Kier molecular flexibility index (Phi) is 2.97. The summed E-state index contributed by atoms with van der Waals surface area (Å²) in [7, 11) is 0. The number of nitrogens with one attached hydrogen (secondary N) is 1. The van der Waals surface area contributed by atoms with Gasteiger partial charge in [0.25, 0.3) is 5.91 Å². The van der Waals surface area contributed by atoms with Gasteiger partial charge in [0.15, 0.2) is 0 Å². The summed E-state index contributed by atoms with van der Waals surface area (Å²) >= 11 is 6.84. The highest BCUT2D eigenvalue weighted by molar-refractivity contribution is 7.09. The average Bonchev–Trinajstić information content (AvgIpc) is 2.74. The molecule has 0 aliphatic carbocycles. The first-order valence-corrected chi connectivity index (χ1v) is 5.33. The quantitative estimate of drug-likeness (QED) is 0.792. The highest BCUT2D eigenvalue weighted by atomic mass is 35.5. The van der Waals surface area contributed by atoms with Gasteiger partial charge in [0.2, 0.25) is 5.13 Å². The van der Waals surface area contributed by atoms with Gasteiger partial charge in [-0.3, -0.25) is 10.1 Å². The molecule has 2 rings (SSSR count). The van der Waals surface area contributed by atoms with E-state index in [0.717, 1.165) is 11.5 Å². The van der Waals surface area contributed by atoms with Crippen LogP contribution in [0.5, 0.6) is 0 Å². The van der Waals surface area contributed by atoms with Gasteiger partial charge in [-0.2, -0.15) is 0 Å². The van der Waals surface area contributed by atoms with Crippen LogP contribution in [0.15, 0.2) is 18.2 Å². The molecule has 1 aromatic carbocycles. The molecule has 0 atom stereocenters. The molecule has 0 saturated heterocycles. The first kappa shape index (κ1) is 10.8. The molecule has 1 aromatic heterocycles. The number of nitrogens with two attached hydrogens (primary N) is 1. The van der Waals surface area contributed by atoms with Crippen molar-refractivity contribution in [2.45, 2.75) is 0 Å². The first-order chi connectivity index (χ1) is 7.66. The normalized spacial score (nSPS) is 10.1. The number of anilines is 2. The molecule has 16 heavy (non-hydrogen) atoms. The maximum atomic E-state index is 11.7. The van der Waals surface area contributed by atoms with E-state index in [4.69, 9.17) is 17.3 Å². The molecule has 0 spiro atoms. The lowest BCUT2D eigenvalue weighted by Gasteiger charge is -2.04. The summed E-state index contributed by atoms with van der Waals surface area (Å²) in [6.45, 7) is 0. The maximum absolute atomic E-state index is 11.7. The molecule has 0 aliphatic heterocycles. The SMILES string of the molecule is Nc1ccc(Cl)c(C(=O)Nc2nnns2)c1. The molecule has 0 fully saturated rings. The van der Waals surface area contributed by atoms with E-state index in [1.165, 1.54) is 6.07 Å². The number of aromatic nitrogens is 3. The monoisotopic (exact) mass is 255 g/mol.